The monoisotopic (exact) mass is 349 g/mol. The highest BCUT2D eigenvalue weighted by molar-refractivity contribution is 9.10. The number of nitrogens with two attached hydrogens (primary N) is 1. The van der Waals surface area contributed by atoms with Crippen LogP contribution >= 0.6 is 15.9 Å². The third kappa shape index (κ3) is 2.92. The van der Waals surface area contributed by atoms with Crippen molar-refractivity contribution in [3.05, 3.63) is 40.8 Å². The van der Waals surface area contributed by atoms with E-state index in [1.807, 2.05) is 21.8 Å². The van der Waals surface area contributed by atoms with Crippen molar-refractivity contribution in [1.29, 1.82) is 0 Å². The van der Waals surface area contributed by atoms with E-state index < -0.39 is 0 Å². The molecule has 3 rings (SSSR count). The topological polar surface area (TPSA) is 77.0 Å². The maximum atomic E-state index is 12.5. The van der Waals surface area contributed by atoms with Crippen molar-refractivity contribution in [3.8, 4) is 0 Å². The summed E-state index contributed by atoms with van der Waals surface area (Å²) in [7, 11) is 0. The molecule has 2 N–H and O–H groups in total. The highest BCUT2D eigenvalue weighted by atomic mass is 79.9. The first-order valence-electron chi connectivity index (χ1n) is 6.85. The zero-order valence-corrected chi connectivity index (χ0v) is 13.0. The van der Waals surface area contributed by atoms with Crippen molar-refractivity contribution in [3.63, 3.8) is 0 Å². The largest absolute Gasteiger partial charge is 0.382 e. The second-order valence-electron chi connectivity index (χ2n) is 5.08. The van der Waals surface area contributed by atoms with Gasteiger partial charge in [0, 0.05) is 30.0 Å². The molecule has 1 fully saturated rings. The van der Waals surface area contributed by atoms with Gasteiger partial charge in [-0.1, -0.05) is 0 Å². The summed E-state index contributed by atoms with van der Waals surface area (Å²) in [6, 6.07) is 5.73. The quantitative estimate of drug-likeness (QED) is 0.900. The Bertz CT molecular complexity index is 648. The molecule has 2 aromatic heterocycles. The van der Waals surface area contributed by atoms with E-state index in [0.717, 1.165) is 17.3 Å². The fourth-order valence-electron chi connectivity index (χ4n) is 2.58. The zero-order valence-electron chi connectivity index (χ0n) is 11.4. The van der Waals surface area contributed by atoms with Crippen LogP contribution in [0.15, 0.2) is 35.1 Å². The fourth-order valence-corrected chi connectivity index (χ4v) is 3.01. The number of carbonyl (C=O) groups is 1. The molecule has 0 saturated carbocycles. The smallest absolute Gasteiger partial charge is 0.273 e. The van der Waals surface area contributed by atoms with Crippen molar-refractivity contribution in [2.24, 2.45) is 0 Å². The number of pyridine rings is 1. The lowest BCUT2D eigenvalue weighted by molar-refractivity contribution is 0.0683. The van der Waals surface area contributed by atoms with E-state index in [4.69, 9.17) is 5.73 Å². The van der Waals surface area contributed by atoms with E-state index in [1.54, 1.807) is 18.3 Å². The van der Waals surface area contributed by atoms with Gasteiger partial charge in [0.05, 0.1) is 6.04 Å². The predicted molar refractivity (Wildman–Crippen MR) is 82.8 cm³/mol. The summed E-state index contributed by atoms with van der Waals surface area (Å²) < 4.78 is 2.63. The summed E-state index contributed by atoms with van der Waals surface area (Å²) in [5.74, 6) is 0.506. The van der Waals surface area contributed by atoms with Gasteiger partial charge in [-0.2, -0.15) is 5.10 Å². The number of carbonyl (C=O) groups excluding carboxylic acids is 1. The van der Waals surface area contributed by atoms with Crippen LogP contribution in [0.4, 0.5) is 5.82 Å². The summed E-state index contributed by atoms with van der Waals surface area (Å²) >= 11 is 3.38. The van der Waals surface area contributed by atoms with Crippen LogP contribution in [-0.4, -0.2) is 38.7 Å². The SMILES string of the molecule is Nc1ccn(C2CCN(C(=O)c3ncccc3Br)CC2)n1. The summed E-state index contributed by atoms with van der Waals surface area (Å²) in [5, 5.41) is 4.25. The van der Waals surface area contributed by atoms with E-state index in [1.165, 1.54) is 0 Å². The fraction of sp³-hybridized carbons (Fsp3) is 0.357. The van der Waals surface area contributed by atoms with Gasteiger partial charge in [-0.15, -0.1) is 0 Å². The molecule has 2 aromatic rings. The average molecular weight is 350 g/mol. The van der Waals surface area contributed by atoms with Crippen LogP contribution in [0.5, 0.6) is 0 Å². The number of nitrogen functional groups attached to an aromatic ring is 1. The molecule has 1 aliphatic heterocycles. The molecular formula is C14H16BrN5O. The van der Waals surface area contributed by atoms with Crippen molar-refractivity contribution >= 4 is 27.7 Å². The lowest BCUT2D eigenvalue weighted by atomic mass is 10.0. The van der Waals surface area contributed by atoms with Gasteiger partial charge in [0.25, 0.3) is 5.91 Å². The number of rotatable bonds is 2. The Morgan fingerprint density at radius 1 is 1.33 bits per heavy atom. The standard InChI is InChI=1S/C14H16BrN5O/c15-11-2-1-6-17-13(11)14(21)19-7-3-10(4-8-19)20-9-5-12(16)18-20/h1-2,5-6,9-10H,3-4,7-8H2,(H2,16,18). The Balaban J connectivity index is 1.66. The minimum absolute atomic E-state index is 0.0269. The molecule has 1 saturated heterocycles. The number of likely N-dealkylation sites (tertiary alicyclic amines) is 1. The number of amides is 1. The maximum absolute atomic E-state index is 12.5. The molecule has 0 bridgehead atoms. The molecule has 110 valence electrons. The first kappa shape index (κ1) is 14.1. The van der Waals surface area contributed by atoms with Gasteiger partial charge in [-0.3, -0.25) is 9.48 Å². The van der Waals surface area contributed by atoms with Crippen LogP contribution in [0.2, 0.25) is 0 Å². The van der Waals surface area contributed by atoms with Gasteiger partial charge in [-0.25, -0.2) is 4.98 Å². The van der Waals surface area contributed by atoms with Gasteiger partial charge in [0.2, 0.25) is 0 Å². The van der Waals surface area contributed by atoms with Crippen LogP contribution in [0.1, 0.15) is 29.4 Å². The Kier molecular flexibility index (Phi) is 3.92. The second kappa shape index (κ2) is 5.85. The van der Waals surface area contributed by atoms with Crippen molar-refractivity contribution in [1.82, 2.24) is 19.7 Å². The number of hydrogen-bond acceptors (Lipinski definition) is 4. The minimum Gasteiger partial charge on any atom is -0.382 e. The number of halogens is 1. The molecule has 21 heavy (non-hydrogen) atoms. The average Bonchev–Trinajstić information content (AvgIpc) is 2.94. The van der Waals surface area contributed by atoms with Crippen molar-refractivity contribution in [2.75, 3.05) is 18.8 Å². The molecule has 0 aliphatic carbocycles. The Labute approximate surface area is 131 Å². The van der Waals surface area contributed by atoms with Crippen LogP contribution in [-0.2, 0) is 0 Å². The molecule has 0 atom stereocenters. The molecule has 0 radical (unpaired) electrons. The summed E-state index contributed by atoms with van der Waals surface area (Å²) in [6.45, 7) is 1.40. The summed E-state index contributed by atoms with van der Waals surface area (Å²) in [5.41, 5.74) is 6.12. The van der Waals surface area contributed by atoms with Gasteiger partial charge in [0.1, 0.15) is 11.5 Å². The van der Waals surface area contributed by atoms with Crippen molar-refractivity contribution < 1.29 is 4.79 Å². The number of aromatic nitrogens is 3. The second-order valence-corrected chi connectivity index (χ2v) is 5.93. The zero-order chi connectivity index (χ0) is 14.8. The van der Waals surface area contributed by atoms with Crippen molar-refractivity contribution in [2.45, 2.75) is 18.9 Å². The van der Waals surface area contributed by atoms with Crippen LogP contribution in [0.25, 0.3) is 0 Å². The van der Waals surface area contributed by atoms with E-state index >= 15 is 0 Å². The first-order chi connectivity index (χ1) is 10.1. The van der Waals surface area contributed by atoms with Crippen LogP contribution in [0.3, 0.4) is 0 Å². The van der Waals surface area contributed by atoms with Gasteiger partial charge in [-0.05, 0) is 47.0 Å². The molecular weight excluding hydrogens is 334 g/mol. The molecule has 3 heterocycles. The lowest BCUT2D eigenvalue weighted by Crippen LogP contribution is -2.39. The van der Waals surface area contributed by atoms with Crippen LogP contribution in [0, 0.1) is 0 Å². The van der Waals surface area contributed by atoms with Gasteiger partial charge >= 0.3 is 0 Å². The highest BCUT2D eigenvalue weighted by Crippen LogP contribution is 2.24. The first-order valence-corrected chi connectivity index (χ1v) is 7.65. The maximum Gasteiger partial charge on any atom is 0.273 e. The summed E-state index contributed by atoms with van der Waals surface area (Å²) in [6.07, 6.45) is 5.28. The van der Waals surface area contributed by atoms with Crippen LogP contribution < -0.4 is 5.73 Å². The number of nitrogens with zero attached hydrogens (tertiary/aromatic N) is 4. The predicted octanol–water partition coefficient (Wildman–Crippen LogP) is 2.10. The summed E-state index contributed by atoms with van der Waals surface area (Å²) in [4.78, 5) is 18.5. The van der Waals surface area contributed by atoms with Gasteiger partial charge < -0.3 is 10.6 Å². The van der Waals surface area contributed by atoms with Gasteiger partial charge in [0.15, 0.2) is 0 Å². The normalized spacial score (nSPS) is 16.1. The van der Waals surface area contributed by atoms with E-state index in [0.29, 0.717) is 30.6 Å². The molecule has 1 aliphatic rings. The Morgan fingerprint density at radius 3 is 2.71 bits per heavy atom. The molecule has 0 aromatic carbocycles. The molecule has 0 spiro atoms. The van der Waals surface area contributed by atoms with E-state index in [-0.39, 0.29) is 5.91 Å². The third-order valence-corrected chi connectivity index (χ3v) is 4.36. The Hall–Kier alpha value is -1.89. The van der Waals surface area contributed by atoms with E-state index in [9.17, 15) is 4.79 Å². The van der Waals surface area contributed by atoms with E-state index in [2.05, 4.69) is 26.0 Å². The lowest BCUT2D eigenvalue weighted by Gasteiger charge is -2.32. The minimum atomic E-state index is -0.0269. The molecule has 6 nitrogen and oxygen atoms in total. The Morgan fingerprint density at radius 2 is 2.10 bits per heavy atom. The molecule has 0 unspecified atom stereocenters. The third-order valence-electron chi connectivity index (χ3n) is 3.72. The number of piperidine rings is 1. The highest BCUT2D eigenvalue weighted by Gasteiger charge is 2.26. The molecule has 7 heteroatoms. The molecule has 1 amide bonds. The number of hydrogen-bond donors (Lipinski definition) is 1. The number of anilines is 1.